The van der Waals surface area contributed by atoms with E-state index in [4.69, 9.17) is 4.74 Å². The Morgan fingerprint density at radius 2 is 1.92 bits per heavy atom. The molecule has 2 aromatic rings. The molecule has 0 aliphatic heterocycles. The molecule has 0 atom stereocenters. The van der Waals surface area contributed by atoms with Crippen molar-refractivity contribution in [2.75, 3.05) is 7.11 Å². The number of hydrogen-bond acceptors (Lipinski definition) is 5. The van der Waals surface area contributed by atoms with Crippen LogP contribution in [-0.4, -0.2) is 28.2 Å². The van der Waals surface area contributed by atoms with Crippen molar-refractivity contribution in [3.63, 3.8) is 0 Å². The predicted molar refractivity (Wildman–Crippen MR) is 92.7 cm³/mol. The molecule has 130 valence electrons. The van der Waals surface area contributed by atoms with Gasteiger partial charge in [0.2, 0.25) is 5.75 Å². The van der Waals surface area contributed by atoms with E-state index in [9.17, 15) is 25.1 Å². The Kier molecular flexibility index (Phi) is 5.07. The van der Waals surface area contributed by atoms with E-state index in [1.807, 2.05) is 13.0 Å². The molecule has 0 aliphatic rings. The lowest BCUT2D eigenvalue weighted by Gasteiger charge is -2.09. The zero-order valence-corrected chi connectivity index (χ0v) is 13.9. The van der Waals surface area contributed by atoms with Crippen LogP contribution in [0, 0.1) is 24.0 Å². The normalized spacial score (nSPS) is 11.2. The number of phenolic OH excluding ortho intramolecular Hbond substituents is 1. The first-order valence-electron chi connectivity index (χ1n) is 7.32. The number of hydrogen-bond donors (Lipinski definition) is 2. The maximum atomic E-state index is 11.7. The molecule has 0 radical (unpaired) electrons. The van der Waals surface area contributed by atoms with Crippen LogP contribution < -0.4 is 4.74 Å². The molecule has 0 spiro atoms. The van der Waals surface area contributed by atoms with Crippen molar-refractivity contribution in [3.8, 4) is 11.5 Å². The summed E-state index contributed by atoms with van der Waals surface area (Å²) in [5.74, 6) is -1.87. The summed E-state index contributed by atoms with van der Waals surface area (Å²) in [4.78, 5) is 22.0. The molecule has 7 nitrogen and oxygen atoms in total. The van der Waals surface area contributed by atoms with E-state index in [-0.39, 0.29) is 16.9 Å². The summed E-state index contributed by atoms with van der Waals surface area (Å²) in [6.45, 7) is 3.69. The van der Waals surface area contributed by atoms with E-state index in [0.29, 0.717) is 5.56 Å². The SMILES string of the molecule is COc1cc(/C=C(\C(=O)O)c2ccc(C)cc2C)cc([N+](=O)[O-])c1O. The van der Waals surface area contributed by atoms with Crippen LogP contribution in [0.25, 0.3) is 11.6 Å². The molecule has 0 unspecified atom stereocenters. The van der Waals surface area contributed by atoms with Gasteiger partial charge in [-0.2, -0.15) is 0 Å². The number of aromatic hydroxyl groups is 1. The van der Waals surface area contributed by atoms with Crippen LogP contribution in [0.5, 0.6) is 11.5 Å². The van der Waals surface area contributed by atoms with Gasteiger partial charge in [-0.15, -0.1) is 0 Å². The summed E-state index contributed by atoms with van der Waals surface area (Å²) in [5, 5.41) is 30.4. The topological polar surface area (TPSA) is 110 Å². The van der Waals surface area contributed by atoms with Gasteiger partial charge in [0, 0.05) is 6.07 Å². The molecule has 2 rings (SSSR count). The second-order valence-corrected chi connectivity index (χ2v) is 5.53. The summed E-state index contributed by atoms with van der Waals surface area (Å²) in [5.41, 5.74) is 1.93. The molecule has 7 heteroatoms. The number of phenols is 1. The zero-order chi connectivity index (χ0) is 18.7. The zero-order valence-electron chi connectivity index (χ0n) is 13.9. The van der Waals surface area contributed by atoms with Crippen molar-refractivity contribution in [1.82, 2.24) is 0 Å². The van der Waals surface area contributed by atoms with E-state index in [2.05, 4.69) is 0 Å². The monoisotopic (exact) mass is 343 g/mol. The van der Waals surface area contributed by atoms with Crippen LogP contribution in [0.1, 0.15) is 22.3 Å². The Balaban J connectivity index is 2.67. The van der Waals surface area contributed by atoms with Gasteiger partial charge in [0.1, 0.15) is 0 Å². The second kappa shape index (κ2) is 7.04. The van der Waals surface area contributed by atoms with Crippen molar-refractivity contribution in [2.24, 2.45) is 0 Å². The quantitative estimate of drug-likeness (QED) is 0.372. The molecule has 0 bridgehead atoms. The smallest absolute Gasteiger partial charge is 0.336 e. The Labute approximate surface area is 144 Å². The van der Waals surface area contributed by atoms with Crippen molar-refractivity contribution in [3.05, 3.63) is 62.7 Å². The number of ether oxygens (including phenoxy) is 1. The summed E-state index contributed by atoms with van der Waals surface area (Å²) in [7, 11) is 1.26. The maximum Gasteiger partial charge on any atom is 0.336 e. The van der Waals surface area contributed by atoms with Gasteiger partial charge in [0.15, 0.2) is 5.75 Å². The average molecular weight is 343 g/mol. The minimum atomic E-state index is -1.17. The number of carboxylic acids is 1. The van der Waals surface area contributed by atoms with Crippen LogP contribution in [-0.2, 0) is 4.79 Å². The molecule has 2 N–H and O–H groups in total. The third-order valence-corrected chi connectivity index (χ3v) is 3.71. The highest BCUT2D eigenvalue weighted by Crippen LogP contribution is 2.38. The fourth-order valence-electron chi connectivity index (χ4n) is 2.53. The van der Waals surface area contributed by atoms with Gasteiger partial charge in [-0.25, -0.2) is 4.79 Å². The first kappa shape index (κ1) is 18.0. The van der Waals surface area contributed by atoms with Crippen LogP contribution in [0.2, 0.25) is 0 Å². The third-order valence-electron chi connectivity index (χ3n) is 3.71. The Morgan fingerprint density at radius 1 is 1.24 bits per heavy atom. The van der Waals surface area contributed by atoms with Gasteiger partial charge < -0.3 is 14.9 Å². The number of aliphatic carboxylic acids is 1. The summed E-state index contributed by atoms with van der Waals surface area (Å²) in [6.07, 6.45) is 1.31. The van der Waals surface area contributed by atoms with Gasteiger partial charge in [-0.1, -0.05) is 23.8 Å². The van der Waals surface area contributed by atoms with Crippen molar-refractivity contribution in [2.45, 2.75) is 13.8 Å². The van der Waals surface area contributed by atoms with Gasteiger partial charge in [-0.05, 0) is 42.7 Å². The van der Waals surface area contributed by atoms with Crippen molar-refractivity contribution < 1.29 is 24.7 Å². The standard InChI is InChI=1S/C18H17NO6/c1-10-4-5-13(11(2)6-10)14(18(21)22)7-12-8-15(19(23)24)17(20)16(9-12)25-3/h4-9,20H,1-3H3,(H,21,22)/b14-7-. The van der Waals surface area contributed by atoms with Crippen LogP contribution in [0.3, 0.4) is 0 Å². The molecular weight excluding hydrogens is 326 g/mol. The lowest BCUT2D eigenvalue weighted by Crippen LogP contribution is -2.02. The number of carbonyl (C=O) groups is 1. The van der Waals surface area contributed by atoms with E-state index < -0.39 is 22.3 Å². The molecule has 0 saturated carbocycles. The van der Waals surface area contributed by atoms with Crippen molar-refractivity contribution in [1.29, 1.82) is 0 Å². The predicted octanol–water partition coefficient (Wildman–Crippen LogP) is 3.55. The lowest BCUT2D eigenvalue weighted by atomic mass is 9.96. The third kappa shape index (κ3) is 3.77. The minimum Gasteiger partial charge on any atom is -0.500 e. The Hall–Kier alpha value is -3.35. The van der Waals surface area contributed by atoms with Crippen molar-refractivity contribution >= 4 is 23.3 Å². The van der Waals surface area contributed by atoms with Gasteiger partial charge in [0.25, 0.3) is 0 Å². The lowest BCUT2D eigenvalue weighted by molar-refractivity contribution is -0.386. The number of rotatable bonds is 5. The Morgan fingerprint density at radius 3 is 2.44 bits per heavy atom. The molecule has 0 aliphatic carbocycles. The molecule has 0 heterocycles. The molecule has 0 amide bonds. The number of benzene rings is 2. The second-order valence-electron chi connectivity index (χ2n) is 5.53. The molecule has 0 aromatic heterocycles. The summed E-state index contributed by atoms with van der Waals surface area (Å²) >= 11 is 0. The van der Waals surface area contributed by atoms with Crippen LogP contribution in [0.4, 0.5) is 5.69 Å². The minimum absolute atomic E-state index is 0.0143. The number of aryl methyl sites for hydroxylation is 2. The molecule has 2 aromatic carbocycles. The maximum absolute atomic E-state index is 11.7. The Bertz CT molecular complexity index is 885. The van der Waals surface area contributed by atoms with E-state index in [1.54, 1.807) is 19.1 Å². The molecule has 0 fully saturated rings. The average Bonchev–Trinajstić information content (AvgIpc) is 2.53. The largest absolute Gasteiger partial charge is 0.500 e. The number of carboxylic acid groups (broad SMARTS) is 1. The number of nitro benzene ring substituents is 1. The first-order valence-corrected chi connectivity index (χ1v) is 7.32. The van der Waals surface area contributed by atoms with Crippen LogP contribution in [0.15, 0.2) is 30.3 Å². The first-order chi connectivity index (χ1) is 11.7. The number of methoxy groups -OCH3 is 1. The fraction of sp³-hybridized carbons (Fsp3) is 0.167. The van der Waals surface area contributed by atoms with Gasteiger partial charge in [-0.3, -0.25) is 10.1 Å². The van der Waals surface area contributed by atoms with Crippen LogP contribution >= 0.6 is 0 Å². The highest BCUT2D eigenvalue weighted by Gasteiger charge is 2.20. The highest BCUT2D eigenvalue weighted by molar-refractivity contribution is 6.21. The molecular formula is C18H17NO6. The fourth-order valence-corrected chi connectivity index (χ4v) is 2.53. The van der Waals surface area contributed by atoms with E-state index in [1.165, 1.54) is 19.3 Å². The molecule has 0 saturated heterocycles. The highest BCUT2D eigenvalue weighted by atomic mass is 16.6. The summed E-state index contributed by atoms with van der Waals surface area (Å²) in [6, 6.07) is 7.78. The summed E-state index contributed by atoms with van der Waals surface area (Å²) < 4.78 is 4.93. The van der Waals surface area contributed by atoms with Gasteiger partial charge >= 0.3 is 11.7 Å². The number of nitro groups is 1. The van der Waals surface area contributed by atoms with Gasteiger partial charge in [0.05, 0.1) is 17.6 Å². The van der Waals surface area contributed by atoms with E-state index in [0.717, 1.165) is 17.2 Å². The van der Waals surface area contributed by atoms with E-state index >= 15 is 0 Å². The number of nitrogens with zero attached hydrogens (tertiary/aromatic N) is 1. The molecule has 25 heavy (non-hydrogen) atoms.